The SMILES string of the molecule is O=S(=O)(O)OC1Cc2ccccc2C1. The van der Waals surface area contributed by atoms with Gasteiger partial charge in [-0.2, -0.15) is 8.42 Å². The van der Waals surface area contributed by atoms with Crippen molar-refractivity contribution in [1.82, 2.24) is 0 Å². The molecule has 0 saturated heterocycles. The van der Waals surface area contributed by atoms with E-state index in [9.17, 15) is 8.42 Å². The van der Waals surface area contributed by atoms with Gasteiger partial charge >= 0.3 is 10.4 Å². The highest BCUT2D eigenvalue weighted by Gasteiger charge is 2.25. The standard InChI is InChI=1S/C9H10O4S/c10-14(11,12)13-9-5-7-3-1-2-4-8(7)6-9/h1-4,9H,5-6H2,(H,10,11,12). The van der Waals surface area contributed by atoms with Gasteiger partial charge in [-0.05, 0) is 11.1 Å². The van der Waals surface area contributed by atoms with Crippen LogP contribution in [0.5, 0.6) is 0 Å². The summed E-state index contributed by atoms with van der Waals surface area (Å²) in [4.78, 5) is 0. The number of benzene rings is 1. The highest BCUT2D eigenvalue weighted by molar-refractivity contribution is 7.80. The third-order valence-corrected chi connectivity index (χ3v) is 2.79. The molecule has 4 nitrogen and oxygen atoms in total. The second-order valence-corrected chi connectivity index (χ2v) is 4.37. The Kier molecular flexibility index (Phi) is 2.30. The van der Waals surface area contributed by atoms with Crippen LogP contribution in [0.15, 0.2) is 24.3 Å². The molecule has 0 aromatic heterocycles. The first-order valence-electron chi connectivity index (χ1n) is 4.27. The van der Waals surface area contributed by atoms with Gasteiger partial charge in [-0.15, -0.1) is 0 Å². The predicted molar refractivity (Wildman–Crippen MR) is 50.3 cm³/mol. The van der Waals surface area contributed by atoms with E-state index in [4.69, 9.17) is 4.55 Å². The maximum absolute atomic E-state index is 10.5. The summed E-state index contributed by atoms with van der Waals surface area (Å²) in [5.41, 5.74) is 2.17. The fourth-order valence-corrected chi connectivity index (χ4v) is 2.24. The highest BCUT2D eigenvalue weighted by Crippen LogP contribution is 2.24. The van der Waals surface area contributed by atoms with Gasteiger partial charge in [0.2, 0.25) is 0 Å². The lowest BCUT2D eigenvalue weighted by Crippen LogP contribution is -2.17. The topological polar surface area (TPSA) is 63.6 Å². The van der Waals surface area contributed by atoms with Gasteiger partial charge in [0.05, 0.1) is 6.10 Å². The molecule has 0 atom stereocenters. The van der Waals surface area contributed by atoms with Gasteiger partial charge in [-0.3, -0.25) is 4.55 Å². The molecule has 0 heterocycles. The summed E-state index contributed by atoms with van der Waals surface area (Å²) in [6.07, 6.45) is 0.619. The zero-order chi connectivity index (χ0) is 10.2. The predicted octanol–water partition coefficient (Wildman–Crippen LogP) is 0.973. The first kappa shape index (κ1) is 9.64. The third kappa shape index (κ3) is 2.12. The van der Waals surface area contributed by atoms with Crippen molar-refractivity contribution < 1.29 is 17.2 Å². The van der Waals surface area contributed by atoms with Gasteiger partial charge in [0, 0.05) is 12.8 Å². The van der Waals surface area contributed by atoms with E-state index >= 15 is 0 Å². The van der Waals surface area contributed by atoms with Crippen LogP contribution in [0.2, 0.25) is 0 Å². The Labute approximate surface area is 82.5 Å². The Bertz CT molecular complexity index is 413. The summed E-state index contributed by atoms with van der Waals surface area (Å²) in [5.74, 6) is 0. The molecule has 0 spiro atoms. The summed E-state index contributed by atoms with van der Waals surface area (Å²) in [6.45, 7) is 0. The minimum absolute atomic E-state index is 0.456. The smallest absolute Gasteiger partial charge is 0.264 e. The zero-order valence-corrected chi connectivity index (χ0v) is 8.20. The Hall–Kier alpha value is -0.910. The van der Waals surface area contributed by atoms with E-state index in [1.54, 1.807) is 0 Å². The van der Waals surface area contributed by atoms with Crippen molar-refractivity contribution in [1.29, 1.82) is 0 Å². The van der Waals surface area contributed by atoms with Crippen LogP contribution in [0.3, 0.4) is 0 Å². The zero-order valence-electron chi connectivity index (χ0n) is 7.38. The number of rotatable bonds is 2. The Morgan fingerprint density at radius 1 is 1.21 bits per heavy atom. The van der Waals surface area contributed by atoms with E-state index in [0.717, 1.165) is 11.1 Å². The Morgan fingerprint density at radius 3 is 2.14 bits per heavy atom. The van der Waals surface area contributed by atoms with E-state index in [0.29, 0.717) is 12.8 Å². The van der Waals surface area contributed by atoms with Gasteiger partial charge in [0.1, 0.15) is 0 Å². The molecule has 1 aromatic carbocycles. The molecule has 2 rings (SSSR count). The average Bonchev–Trinajstić information content (AvgIpc) is 2.42. The quantitative estimate of drug-likeness (QED) is 0.745. The fourth-order valence-electron chi connectivity index (χ4n) is 1.76. The van der Waals surface area contributed by atoms with Crippen LogP contribution in [0.4, 0.5) is 0 Å². The molecular weight excluding hydrogens is 204 g/mol. The van der Waals surface area contributed by atoms with Crippen molar-refractivity contribution in [2.75, 3.05) is 0 Å². The minimum atomic E-state index is -4.33. The van der Waals surface area contributed by atoms with Crippen LogP contribution in [-0.4, -0.2) is 19.1 Å². The van der Waals surface area contributed by atoms with Gasteiger partial charge < -0.3 is 0 Å². The first-order chi connectivity index (χ1) is 6.54. The molecule has 1 N–H and O–H groups in total. The van der Waals surface area contributed by atoms with Crippen molar-refractivity contribution in [3.05, 3.63) is 35.4 Å². The van der Waals surface area contributed by atoms with Crippen LogP contribution in [0.25, 0.3) is 0 Å². The van der Waals surface area contributed by atoms with Crippen LogP contribution in [-0.2, 0) is 27.4 Å². The maximum atomic E-state index is 10.5. The minimum Gasteiger partial charge on any atom is -0.264 e. The lowest BCUT2D eigenvalue weighted by Gasteiger charge is -2.05. The average molecular weight is 214 g/mol. The second-order valence-electron chi connectivity index (χ2n) is 3.32. The van der Waals surface area contributed by atoms with Crippen molar-refractivity contribution in [2.24, 2.45) is 0 Å². The molecule has 1 aromatic rings. The van der Waals surface area contributed by atoms with Crippen molar-refractivity contribution in [3.63, 3.8) is 0 Å². The van der Waals surface area contributed by atoms with E-state index in [1.807, 2.05) is 24.3 Å². The molecule has 0 unspecified atom stereocenters. The molecule has 1 aliphatic rings. The summed E-state index contributed by atoms with van der Waals surface area (Å²) >= 11 is 0. The highest BCUT2D eigenvalue weighted by atomic mass is 32.3. The largest absolute Gasteiger partial charge is 0.397 e. The van der Waals surface area contributed by atoms with Gasteiger partial charge in [-0.1, -0.05) is 24.3 Å². The lowest BCUT2D eigenvalue weighted by atomic mass is 10.1. The molecule has 5 heteroatoms. The molecule has 14 heavy (non-hydrogen) atoms. The normalized spacial score (nSPS) is 16.9. The van der Waals surface area contributed by atoms with Crippen LogP contribution < -0.4 is 0 Å². The van der Waals surface area contributed by atoms with Gasteiger partial charge in [0.25, 0.3) is 0 Å². The molecule has 76 valence electrons. The van der Waals surface area contributed by atoms with Gasteiger partial charge in [0.15, 0.2) is 0 Å². The molecule has 0 aliphatic heterocycles. The second kappa shape index (κ2) is 3.34. The van der Waals surface area contributed by atoms with Gasteiger partial charge in [-0.25, -0.2) is 4.18 Å². The molecule has 0 bridgehead atoms. The number of hydrogen-bond acceptors (Lipinski definition) is 3. The lowest BCUT2D eigenvalue weighted by molar-refractivity contribution is 0.191. The fraction of sp³-hybridized carbons (Fsp3) is 0.333. The maximum Gasteiger partial charge on any atom is 0.397 e. The molecule has 1 aliphatic carbocycles. The van der Waals surface area contributed by atoms with E-state index in [2.05, 4.69) is 4.18 Å². The Balaban J connectivity index is 2.13. The monoisotopic (exact) mass is 214 g/mol. The molecule has 0 radical (unpaired) electrons. The van der Waals surface area contributed by atoms with E-state index in [1.165, 1.54) is 0 Å². The number of fused-ring (bicyclic) bond motifs is 1. The molecular formula is C9H10O4S. The molecule has 0 amide bonds. The third-order valence-electron chi connectivity index (χ3n) is 2.27. The van der Waals surface area contributed by atoms with Crippen molar-refractivity contribution >= 4 is 10.4 Å². The Morgan fingerprint density at radius 2 is 1.71 bits per heavy atom. The van der Waals surface area contributed by atoms with E-state index < -0.39 is 16.5 Å². The van der Waals surface area contributed by atoms with Crippen molar-refractivity contribution in [2.45, 2.75) is 18.9 Å². The summed E-state index contributed by atoms with van der Waals surface area (Å²) in [5, 5.41) is 0. The summed E-state index contributed by atoms with van der Waals surface area (Å²) < 4.78 is 34.0. The molecule has 0 fully saturated rings. The first-order valence-corrected chi connectivity index (χ1v) is 5.63. The van der Waals surface area contributed by atoms with E-state index in [-0.39, 0.29) is 0 Å². The number of hydrogen-bond donors (Lipinski definition) is 1. The van der Waals surface area contributed by atoms with Crippen LogP contribution in [0, 0.1) is 0 Å². The summed E-state index contributed by atoms with van der Waals surface area (Å²) in [6, 6.07) is 7.66. The van der Waals surface area contributed by atoms with Crippen LogP contribution in [0.1, 0.15) is 11.1 Å². The summed E-state index contributed by atoms with van der Waals surface area (Å²) in [7, 11) is -4.33. The molecule has 0 saturated carbocycles. The van der Waals surface area contributed by atoms with Crippen LogP contribution >= 0.6 is 0 Å². The van der Waals surface area contributed by atoms with Crippen molar-refractivity contribution in [3.8, 4) is 0 Å².